The highest BCUT2D eigenvalue weighted by molar-refractivity contribution is 7.98. The highest BCUT2D eigenvalue weighted by Crippen LogP contribution is 2.29. The van der Waals surface area contributed by atoms with Crippen LogP contribution >= 0.6 is 11.8 Å². The summed E-state index contributed by atoms with van der Waals surface area (Å²) in [5.74, 6) is 0.419. The van der Waals surface area contributed by atoms with Crippen LogP contribution in [0.3, 0.4) is 0 Å². The zero-order valence-electron chi connectivity index (χ0n) is 22.0. The molecule has 0 unspecified atom stereocenters. The van der Waals surface area contributed by atoms with E-state index in [9.17, 15) is 14.9 Å². The second kappa shape index (κ2) is 12.5. The highest BCUT2D eigenvalue weighted by atomic mass is 32.2. The number of pyridine rings is 1. The molecule has 2 aromatic heterocycles. The van der Waals surface area contributed by atoms with Gasteiger partial charge in [-0.3, -0.25) is 14.6 Å². The van der Waals surface area contributed by atoms with Crippen molar-refractivity contribution in [2.24, 2.45) is 5.73 Å². The van der Waals surface area contributed by atoms with Crippen molar-refractivity contribution < 1.29 is 9.59 Å². The van der Waals surface area contributed by atoms with Gasteiger partial charge in [-0.25, -0.2) is 9.97 Å². The van der Waals surface area contributed by atoms with Crippen molar-refractivity contribution in [3.63, 3.8) is 0 Å². The van der Waals surface area contributed by atoms with Crippen LogP contribution in [0.1, 0.15) is 44.1 Å². The smallest absolute Gasteiger partial charge is 0.222 e. The summed E-state index contributed by atoms with van der Waals surface area (Å²) in [5.41, 5.74) is 15.2. The predicted octanol–water partition coefficient (Wildman–Crippen LogP) is 3.37. The molecule has 11 heteroatoms. The number of nitrogens with two attached hydrogens (primary N) is 2. The van der Waals surface area contributed by atoms with E-state index in [0.717, 1.165) is 11.4 Å². The number of carbonyl (C=O) groups excluding carboxylic acids is 2. The number of amides is 2. The monoisotopic (exact) mass is 532 g/mol. The van der Waals surface area contributed by atoms with Gasteiger partial charge in [-0.2, -0.15) is 5.26 Å². The van der Waals surface area contributed by atoms with E-state index in [1.54, 1.807) is 36.2 Å². The first kappa shape index (κ1) is 28.6. The van der Waals surface area contributed by atoms with Gasteiger partial charge in [0.1, 0.15) is 17.5 Å². The summed E-state index contributed by atoms with van der Waals surface area (Å²) in [7, 11) is 1.76. The maximum absolute atomic E-state index is 12.5. The first-order chi connectivity index (χ1) is 17.9. The van der Waals surface area contributed by atoms with Gasteiger partial charge in [0.05, 0.1) is 11.4 Å². The molecular formula is C27H32N8O2S. The van der Waals surface area contributed by atoms with Gasteiger partial charge in [0, 0.05) is 55.2 Å². The molecule has 10 nitrogen and oxygen atoms in total. The molecule has 5 N–H and O–H groups in total. The molecule has 198 valence electrons. The van der Waals surface area contributed by atoms with Gasteiger partial charge < -0.3 is 21.7 Å². The minimum atomic E-state index is -0.452. The summed E-state index contributed by atoms with van der Waals surface area (Å²) in [5, 5.41) is 12.7. The predicted molar refractivity (Wildman–Crippen MR) is 149 cm³/mol. The molecule has 0 atom stereocenters. The van der Waals surface area contributed by atoms with E-state index in [-0.39, 0.29) is 23.2 Å². The van der Waals surface area contributed by atoms with Gasteiger partial charge in [0.25, 0.3) is 0 Å². The second-order valence-electron chi connectivity index (χ2n) is 9.63. The SMILES string of the molecule is CC(=O)Nc1ccc(-c2nc(SCc3cccc(CCC(=O)N(C)CC(C)(C)N)n3)nc(N)c2C#N)cc1. The maximum atomic E-state index is 12.5. The van der Waals surface area contributed by atoms with E-state index in [1.807, 2.05) is 32.0 Å². The summed E-state index contributed by atoms with van der Waals surface area (Å²) in [4.78, 5) is 38.9. The van der Waals surface area contributed by atoms with Crippen LogP contribution in [0.5, 0.6) is 0 Å². The van der Waals surface area contributed by atoms with Gasteiger partial charge in [0.2, 0.25) is 11.8 Å². The normalized spacial score (nSPS) is 11.1. The minimum absolute atomic E-state index is 0.0178. The number of hydrogen-bond donors (Lipinski definition) is 3. The summed E-state index contributed by atoms with van der Waals surface area (Å²) < 4.78 is 0. The van der Waals surface area contributed by atoms with Crippen LogP contribution in [0, 0.1) is 11.3 Å². The number of nitrogen functional groups attached to an aromatic ring is 1. The fourth-order valence-electron chi connectivity index (χ4n) is 3.77. The standard InChI is InChI=1S/C27H32N8O2S/c1-17(36)31-20-10-8-18(9-11-20)24-22(14-28)25(29)34-26(33-24)38-15-21-7-5-6-19(32-21)12-13-23(37)35(4)16-27(2,3)30/h5-11H,12-13,15-16,30H2,1-4H3,(H,31,36)(H2,29,33,34). The highest BCUT2D eigenvalue weighted by Gasteiger charge is 2.18. The van der Waals surface area contributed by atoms with E-state index < -0.39 is 5.54 Å². The third-order valence-corrected chi connectivity index (χ3v) is 6.27. The molecule has 0 radical (unpaired) electrons. The number of rotatable bonds is 10. The molecule has 2 heterocycles. The number of hydrogen-bond acceptors (Lipinski definition) is 9. The Hall–Kier alpha value is -4.01. The number of nitrogens with one attached hydrogen (secondary N) is 1. The van der Waals surface area contributed by atoms with Crippen molar-refractivity contribution in [2.45, 2.75) is 50.1 Å². The number of carbonyl (C=O) groups is 2. The molecule has 0 aliphatic rings. The van der Waals surface area contributed by atoms with Gasteiger partial charge in [0.15, 0.2) is 5.16 Å². The topological polar surface area (TPSA) is 164 Å². The van der Waals surface area contributed by atoms with Gasteiger partial charge in [-0.1, -0.05) is 30.0 Å². The Morgan fingerprint density at radius 2 is 1.79 bits per heavy atom. The van der Waals surface area contributed by atoms with Crippen molar-refractivity contribution in [1.82, 2.24) is 19.9 Å². The maximum Gasteiger partial charge on any atom is 0.222 e. The molecule has 0 fully saturated rings. The molecule has 0 aliphatic carbocycles. The number of aryl methyl sites for hydroxylation is 1. The average Bonchev–Trinajstić information content (AvgIpc) is 2.85. The largest absolute Gasteiger partial charge is 0.382 e. The van der Waals surface area contributed by atoms with E-state index in [1.165, 1.54) is 18.7 Å². The van der Waals surface area contributed by atoms with Crippen LogP contribution in [0.15, 0.2) is 47.6 Å². The van der Waals surface area contributed by atoms with Crippen molar-refractivity contribution in [3.05, 3.63) is 59.4 Å². The Balaban J connectivity index is 1.70. The average molecular weight is 533 g/mol. The lowest BCUT2D eigenvalue weighted by atomic mass is 10.1. The van der Waals surface area contributed by atoms with Crippen LogP contribution in [-0.4, -0.2) is 50.8 Å². The Bertz CT molecular complexity index is 1350. The Morgan fingerprint density at radius 3 is 2.42 bits per heavy atom. The molecular weight excluding hydrogens is 500 g/mol. The van der Waals surface area contributed by atoms with Crippen LogP contribution < -0.4 is 16.8 Å². The summed E-state index contributed by atoms with van der Waals surface area (Å²) in [6.07, 6.45) is 0.862. The van der Waals surface area contributed by atoms with Crippen LogP contribution in [0.2, 0.25) is 0 Å². The van der Waals surface area contributed by atoms with E-state index in [4.69, 9.17) is 11.5 Å². The fourth-order valence-corrected chi connectivity index (χ4v) is 4.52. The second-order valence-corrected chi connectivity index (χ2v) is 10.6. The molecule has 3 rings (SSSR count). The molecule has 0 spiro atoms. The lowest BCUT2D eigenvalue weighted by Gasteiger charge is -2.26. The fraction of sp³-hybridized carbons (Fsp3) is 0.333. The van der Waals surface area contributed by atoms with Crippen LogP contribution in [0.4, 0.5) is 11.5 Å². The molecule has 2 amide bonds. The van der Waals surface area contributed by atoms with E-state index >= 15 is 0 Å². The van der Waals surface area contributed by atoms with Crippen molar-refractivity contribution in [2.75, 3.05) is 24.6 Å². The first-order valence-corrected chi connectivity index (χ1v) is 13.0. The third kappa shape index (κ3) is 8.26. The minimum Gasteiger partial charge on any atom is -0.382 e. The third-order valence-electron chi connectivity index (χ3n) is 5.39. The van der Waals surface area contributed by atoms with Crippen LogP contribution in [0.25, 0.3) is 11.3 Å². The van der Waals surface area contributed by atoms with Crippen LogP contribution in [-0.2, 0) is 21.8 Å². The van der Waals surface area contributed by atoms with E-state index in [0.29, 0.717) is 47.2 Å². The molecule has 3 aromatic rings. The Kier molecular flexibility index (Phi) is 9.39. The molecule has 0 aliphatic heterocycles. The molecule has 38 heavy (non-hydrogen) atoms. The molecule has 1 aromatic carbocycles. The first-order valence-electron chi connectivity index (χ1n) is 12.0. The number of anilines is 2. The number of likely N-dealkylation sites (N-methyl/N-ethyl adjacent to an activating group) is 1. The lowest BCUT2D eigenvalue weighted by Crippen LogP contribution is -2.46. The zero-order valence-corrected chi connectivity index (χ0v) is 22.8. The molecule has 0 saturated carbocycles. The summed E-state index contributed by atoms with van der Waals surface area (Å²) in [6, 6.07) is 14.8. The van der Waals surface area contributed by atoms with Gasteiger partial charge >= 0.3 is 0 Å². The Morgan fingerprint density at radius 1 is 1.11 bits per heavy atom. The van der Waals surface area contributed by atoms with Gasteiger partial charge in [-0.15, -0.1) is 0 Å². The number of thioether (sulfide) groups is 1. The van der Waals surface area contributed by atoms with E-state index in [2.05, 4.69) is 26.3 Å². The Labute approximate surface area is 226 Å². The quantitative estimate of drug-likeness (QED) is 0.262. The number of nitrogens with zero attached hydrogens (tertiary/aromatic N) is 5. The number of benzene rings is 1. The zero-order chi connectivity index (χ0) is 27.9. The number of aromatic nitrogens is 3. The van der Waals surface area contributed by atoms with Crippen molar-refractivity contribution in [3.8, 4) is 17.3 Å². The molecule has 0 saturated heterocycles. The van der Waals surface area contributed by atoms with Crippen molar-refractivity contribution in [1.29, 1.82) is 5.26 Å². The summed E-state index contributed by atoms with van der Waals surface area (Å²) in [6.45, 7) is 5.68. The van der Waals surface area contributed by atoms with Crippen molar-refractivity contribution >= 4 is 35.1 Å². The van der Waals surface area contributed by atoms with Gasteiger partial charge in [-0.05, 0) is 44.5 Å². The molecule has 0 bridgehead atoms. The summed E-state index contributed by atoms with van der Waals surface area (Å²) >= 11 is 1.35. The lowest BCUT2D eigenvalue weighted by molar-refractivity contribution is -0.130. The number of nitriles is 1.